The van der Waals surface area contributed by atoms with Gasteiger partial charge in [0.05, 0.1) is 12.7 Å². The number of ether oxygens (including phenoxy) is 2. The molecular weight excluding hydrogens is 356 g/mol. The van der Waals surface area contributed by atoms with E-state index in [1.54, 1.807) is 7.11 Å². The van der Waals surface area contributed by atoms with Crippen LogP contribution in [0.4, 0.5) is 0 Å². The Morgan fingerprint density at radius 3 is 1.93 bits per heavy atom. The highest BCUT2D eigenvalue weighted by atomic mass is 28.4. The molecule has 3 atom stereocenters. The molecule has 1 saturated heterocycles. The van der Waals surface area contributed by atoms with Gasteiger partial charge in [0.1, 0.15) is 6.10 Å². The fourth-order valence-corrected chi connectivity index (χ4v) is 8.53. The SMILES string of the molecule is COC1CC(O)[C@H](CO[Si](c2ccccc2)(c2ccccc2)C(C)(C)C)O1. The van der Waals surface area contributed by atoms with Gasteiger partial charge < -0.3 is 19.0 Å². The lowest BCUT2D eigenvalue weighted by molar-refractivity contribution is -0.125. The summed E-state index contributed by atoms with van der Waals surface area (Å²) in [6, 6.07) is 21.0. The molecular formula is C22H30O4Si. The average molecular weight is 387 g/mol. The summed E-state index contributed by atoms with van der Waals surface area (Å²) in [6.45, 7) is 7.06. The standard InChI is InChI=1S/C22H30O4Si/c1-22(2,3)27(17-11-7-5-8-12-17,18-13-9-6-10-14-18)25-16-20-19(23)15-21(24-4)26-20/h5-14,19-21,23H,15-16H2,1-4H3/t19?,20-,21?/m0/s1. The van der Waals surface area contributed by atoms with E-state index < -0.39 is 14.4 Å². The third kappa shape index (κ3) is 4.03. The van der Waals surface area contributed by atoms with Gasteiger partial charge in [0.2, 0.25) is 0 Å². The number of aliphatic hydroxyl groups excluding tert-OH is 1. The molecule has 1 aliphatic rings. The third-order valence-corrected chi connectivity index (χ3v) is 10.3. The lowest BCUT2D eigenvalue weighted by atomic mass is 10.2. The van der Waals surface area contributed by atoms with E-state index in [1.807, 2.05) is 12.1 Å². The zero-order valence-electron chi connectivity index (χ0n) is 16.6. The van der Waals surface area contributed by atoms with Crippen LogP contribution in [0.25, 0.3) is 0 Å². The molecule has 5 heteroatoms. The van der Waals surface area contributed by atoms with Gasteiger partial charge in [-0.2, -0.15) is 0 Å². The van der Waals surface area contributed by atoms with E-state index in [-0.39, 0.29) is 17.4 Å². The van der Waals surface area contributed by atoms with E-state index in [0.717, 1.165) is 0 Å². The second kappa shape index (κ2) is 8.25. The van der Waals surface area contributed by atoms with Gasteiger partial charge in [-0.25, -0.2) is 0 Å². The summed E-state index contributed by atoms with van der Waals surface area (Å²) in [7, 11) is -1.01. The van der Waals surface area contributed by atoms with Gasteiger partial charge in [-0.05, 0) is 15.4 Å². The van der Waals surface area contributed by atoms with Crippen LogP contribution in [0, 0.1) is 0 Å². The molecule has 146 valence electrons. The molecule has 1 fully saturated rings. The van der Waals surface area contributed by atoms with Crippen LogP contribution in [-0.4, -0.2) is 45.6 Å². The summed E-state index contributed by atoms with van der Waals surface area (Å²) in [4.78, 5) is 0. The Labute approximate surface area is 163 Å². The molecule has 0 aliphatic carbocycles. The van der Waals surface area contributed by atoms with Crippen molar-refractivity contribution in [3.63, 3.8) is 0 Å². The second-order valence-electron chi connectivity index (χ2n) is 8.12. The minimum atomic E-state index is -2.61. The van der Waals surface area contributed by atoms with Gasteiger partial charge in [-0.15, -0.1) is 0 Å². The van der Waals surface area contributed by atoms with Crippen LogP contribution in [-0.2, 0) is 13.9 Å². The van der Waals surface area contributed by atoms with Gasteiger partial charge in [0.25, 0.3) is 8.32 Å². The molecule has 1 N–H and O–H groups in total. The van der Waals surface area contributed by atoms with Crippen molar-refractivity contribution in [1.29, 1.82) is 0 Å². The topological polar surface area (TPSA) is 47.9 Å². The molecule has 0 bridgehead atoms. The number of hydrogen-bond donors (Lipinski definition) is 1. The maximum Gasteiger partial charge on any atom is 0.261 e. The fraction of sp³-hybridized carbons (Fsp3) is 0.455. The highest BCUT2D eigenvalue weighted by Gasteiger charge is 2.51. The van der Waals surface area contributed by atoms with Crippen molar-refractivity contribution in [2.45, 2.75) is 50.7 Å². The summed E-state index contributed by atoms with van der Waals surface area (Å²) in [5.74, 6) is 0. The van der Waals surface area contributed by atoms with Crippen LogP contribution < -0.4 is 10.4 Å². The van der Waals surface area contributed by atoms with E-state index >= 15 is 0 Å². The number of hydrogen-bond acceptors (Lipinski definition) is 4. The predicted molar refractivity (Wildman–Crippen MR) is 110 cm³/mol. The number of benzene rings is 2. The van der Waals surface area contributed by atoms with Crippen molar-refractivity contribution in [1.82, 2.24) is 0 Å². The van der Waals surface area contributed by atoms with Gasteiger partial charge >= 0.3 is 0 Å². The van der Waals surface area contributed by atoms with Crippen molar-refractivity contribution >= 4 is 18.7 Å². The first kappa shape index (κ1) is 20.2. The van der Waals surface area contributed by atoms with E-state index in [4.69, 9.17) is 13.9 Å². The van der Waals surface area contributed by atoms with E-state index in [9.17, 15) is 5.11 Å². The summed E-state index contributed by atoms with van der Waals surface area (Å²) in [6.07, 6.45) is -0.844. The predicted octanol–water partition coefficient (Wildman–Crippen LogP) is 2.69. The van der Waals surface area contributed by atoms with Crippen LogP contribution >= 0.6 is 0 Å². The molecule has 27 heavy (non-hydrogen) atoms. The highest BCUT2D eigenvalue weighted by molar-refractivity contribution is 6.99. The maximum absolute atomic E-state index is 10.4. The quantitative estimate of drug-likeness (QED) is 0.776. The Morgan fingerprint density at radius 1 is 1.00 bits per heavy atom. The Bertz CT molecular complexity index is 675. The molecule has 3 rings (SSSR count). The van der Waals surface area contributed by atoms with Crippen molar-refractivity contribution in [3.8, 4) is 0 Å². The molecule has 2 unspecified atom stereocenters. The van der Waals surface area contributed by atoms with Crippen molar-refractivity contribution in [2.24, 2.45) is 0 Å². The van der Waals surface area contributed by atoms with Crippen LogP contribution in [0.2, 0.25) is 5.04 Å². The van der Waals surface area contributed by atoms with Crippen molar-refractivity contribution in [2.75, 3.05) is 13.7 Å². The summed E-state index contributed by atoms with van der Waals surface area (Å²) in [5.41, 5.74) is 0. The lowest BCUT2D eigenvalue weighted by Crippen LogP contribution is -2.67. The maximum atomic E-state index is 10.4. The van der Waals surface area contributed by atoms with Crippen LogP contribution in [0.3, 0.4) is 0 Å². The van der Waals surface area contributed by atoms with E-state index in [2.05, 4.69) is 69.3 Å². The normalized spacial score (nSPS) is 23.5. The molecule has 4 nitrogen and oxygen atoms in total. The first-order chi connectivity index (χ1) is 12.9. The molecule has 1 heterocycles. The molecule has 2 aromatic carbocycles. The van der Waals surface area contributed by atoms with Gasteiger partial charge in [-0.3, -0.25) is 0 Å². The Kier molecular flexibility index (Phi) is 6.18. The van der Waals surface area contributed by atoms with E-state index in [1.165, 1.54) is 10.4 Å². The van der Waals surface area contributed by atoms with Crippen molar-refractivity contribution in [3.05, 3.63) is 60.7 Å². The van der Waals surface area contributed by atoms with Crippen molar-refractivity contribution < 1.29 is 19.0 Å². The fourth-order valence-electron chi connectivity index (χ4n) is 3.96. The first-order valence-electron chi connectivity index (χ1n) is 9.50. The van der Waals surface area contributed by atoms with Gasteiger partial charge in [0, 0.05) is 13.5 Å². The average Bonchev–Trinajstić information content (AvgIpc) is 3.03. The zero-order valence-corrected chi connectivity index (χ0v) is 17.6. The lowest BCUT2D eigenvalue weighted by Gasteiger charge is -2.43. The van der Waals surface area contributed by atoms with Crippen LogP contribution in [0.1, 0.15) is 27.2 Å². The number of aliphatic hydroxyl groups is 1. The summed E-state index contributed by atoms with van der Waals surface area (Å²) in [5, 5.41) is 12.7. The Balaban J connectivity index is 2.00. The minimum Gasteiger partial charge on any atom is -0.405 e. The molecule has 0 spiro atoms. The Hall–Kier alpha value is -1.50. The first-order valence-corrected chi connectivity index (χ1v) is 11.4. The molecule has 2 aromatic rings. The van der Waals surface area contributed by atoms with E-state index in [0.29, 0.717) is 13.0 Å². The number of methoxy groups -OCH3 is 1. The van der Waals surface area contributed by atoms with Gasteiger partial charge in [-0.1, -0.05) is 81.4 Å². The summed E-state index contributed by atoms with van der Waals surface area (Å²) < 4.78 is 17.9. The molecule has 0 aromatic heterocycles. The monoisotopic (exact) mass is 386 g/mol. The van der Waals surface area contributed by atoms with Crippen LogP contribution in [0.5, 0.6) is 0 Å². The molecule has 0 radical (unpaired) electrons. The third-order valence-electron chi connectivity index (χ3n) is 5.33. The van der Waals surface area contributed by atoms with Gasteiger partial charge in [0.15, 0.2) is 6.29 Å². The highest BCUT2D eigenvalue weighted by Crippen LogP contribution is 2.37. The molecule has 0 amide bonds. The smallest absolute Gasteiger partial charge is 0.261 e. The largest absolute Gasteiger partial charge is 0.405 e. The molecule has 1 aliphatic heterocycles. The Morgan fingerprint density at radius 2 is 1.52 bits per heavy atom. The minimum absolute atomic E-state index is 0.0973. The summed E-state index contributed by atoms with van der Waals surface area (Å²) >= 11 is 0. The number of rotatable bonds is 6. The second-order valence-corrected chi connectivity index (χ2v) is 12.4. The van der Waals surface area contributed by atoms with Crippen LogP contribution in [0.15, 0.2) is 60.7 Å². The molecule has 0 saturated carbocycles. The zero-order chi connectivity index (χ0) is 19.5.